The molecule has 0 unspecified atom stereocenters. The monoisotopic (exact) mass is 282 g/mol. The molecule has 0 spiro atoms. The van der Waals surface area contributed by atoms with E-state index < -0.39 is 0 Å². The van der Waals surface area contributed by atoms with Crippen LogP contribution in [0.3, 0.4) is 0 Å². The van der Waals surface area contributed by atoms with Crippen LogP contribution in [-0.4, -0.2) is 19.0 Å². The van der Waals surface area contributed by atoms with Gasteiger partial charge in [0.25, 0.3) is 0 Å². The first-order valence-electron chi connectivity index (χ1n) is 7.21. The van der Waals surface area contributed by atoms with Crippen molar-refractivity contribution in [2.24, 2.45) is 0 Å². The van der Waals surface area contributed by atoms with Crippen molar-refractivity contribution in [2.75, 3.05) is 7.11 Å². The van der Waals surface area contributed by atoms with Crippen LogP contribution in [0.2, 0.25) is 0 Å². The molecule has 1 aliphatic heterocycles. The first-order chi connectivity index (χ1) is 10.3. The Hall–Kier alpha value is -2.29. The molecule has 108 valence electrons. The first-order valence-corrected chi connectivity index (χ1v) is 7.21. The van der Waals surface area contributed by atoms with Crippen LogP contribution in [0.5, 0.6) is 11.5 Å². The highest BCUT2D eigenvalue weighted by Gasteiger charge is 2.32. The molecule has 3 nitrogen and oxygen atoms in total. The Morgan fingerprint density at radius 1 is 1.14 bits per heavy atom. The quantitative estimate of drug-likeness (QED) is 0.839. The molecule has 0 aromatic heterocycles. The number of carbonyl (C=O) groups is 1. The van der Waals surface area contributed by atoms with E-state index in [0.29, 0.717) is 17.1 Å². The molecule has 1 atom stereocenters. The summed E-state index contributed by atoms with van der Waals surface area (Å²) in [5.41, 5.74) is 1.93. The second-order valence-electron chi connectivity index (χ2n) is 5.21. The largest absolute Gasteiger partial charge is 0.497 e. The zero-order chi connectivity index (χ0) is 14.7. The SMILES string of the molecule is COc1ccc2c(c1)C(=O)[C@H](CCCc1ccccc1)O2. The molecule has 1 heterocycles. The van der Waals surface area contributed by atoms with E-state index in [1.165, 1.54) is 5.56 Å². The molecule has 1 aliphatic rings. The molecule has 3 heteroatoms. The number of fused-ring (bicyclic) bond motifs is 1. The van der Waals surface area contributed by atoms with Crippen molar-refractivity contribution in [2.45, 2.75) is 25.4 Å². The molecule has 0 saturated heterocycles. The van der Waals surface area contributed by atoms with Crippen LogP contribution in [0.4, 0.5) is 0 Å². The van der Waals surface area contributed by atoms with Gasteiger partial charge in [0.05, 0.1) is 12.7 Å². The van der Waals surface area contributed by atoms with E-state index in [9.17, 15) is 4.79 Å². The summed E-state index contributed by atoms with van der Waals surface area (Å²) in [6.45, 7) is 0. The number of rotatable bonds is 5. The summed E-state index contributed by atoms with van der Waals surface area (Å²) in [6.07, 6.45) is 2.29. The van der Waals surface area contributed by atoms with E-state index in [0.717, 1.165) is 19.3 Å². The van der Waals surface area contributed by atoms with Crippen molar-refractivity contribution in [1.29, 1.82) is 0 Å². The van der Waals surface area contributed by atoms with Crippen LogP contribution in [0.25, 0.3) is 0 Å². The van der Waals surface area contributed by atoms with E-state index in [1.807, 2.05) is 30.3 Å². The molecule has 3 rings (SSSR count). The molecular formula is C18H18O3. The number of carbonyl (C=O) groups excluding carboxylic acids is 1. The number of Topliss-reactive ketones (excluding diaryl/α,β-unsaturated/α-hetero) is 1. The molecule has 21 heavy (non-hydrogen) atoms. The number of aryl methyl sites for hydroxylation is 1. The number of benzene rings is 2. The Labute approximate surface area is 124 Å². The highest BCUT2D eigenvalue weighted by atomic mass is 16.5. The van der Waals surface area contributed by atoms with Crippen LogP contribution in [0, 0.1) is 0 Å². The molecule has 2 aromatic carbocycles. The lowest BCUT2D eigenvalue weighted by atomic mass is 10.0. The molecule has 0 fully saturated rings. The minimum Gasteiger partial charge on any atom is -0.497 e. The van der Waals surface area contributed by atoms with Crippen LogP contribution in [-0.2, 0) is 6.42 Å². The first kappa shape index (κ1) is 13.7. The molecule has 0 saturated carbocycles. The van der Waals surface area contributed by atoms with Crippen molar-refractivity contribution in [3.05, 3.63) is 59.7 Å². The fourth-order valence-corrected chi connectivity index (χ4v) is 2.64. The number of ether oxygens (including phenoxy) is 2. The summed E-state index contributed by atoms with van der Waals surface area (Å²) in [6, 6.07) is 15.7. The third-order valence-corrected chi connectivity index (χ3v) is 3.79. The summed E-state index contributed by atoms with van der Waals surface area (Å²) in [5, 5.41) is 0. The summed E-state index contributed by atoms with van der Waals surface area (Å²) in [4.78, 5) is 12.3. The summed E-state index contributed by atoms with van der Waals surface area (Å²) >= 11 is 0. The van der Waals surface area contributed by atoms with E-state index >= 15 is 0 Å². The third-order valence-electron chi connectivity index (χ3n) is 3.79. The van der Waals surface area contributed by atoms with E-state index in [2.05, 4.69) is 12.1 Å². The van der Waals surface area contributed by atoms with Crippen molar-refractivity contribution >= 4 is 5.78 Å². The lowest BCUT2D eigenvalue weighted by Crippen LogP contribution is -2.20. The maximum absolute atomic E-state index is 12.3. The molecule has 0 N–H and O–H groups in total. The van der Waals surface area contributed by atoms with E-state index in [1.54, 1.807) is 13.2 Å². The van der Waals surface area contributed by atoms with Crippen LogP contribution in [0.15, 0.2) is 48.5 Å². The number of ketones is 1. The predicted octanol–water partition coefficient (Wildman–Crippen LogP) is 3.66. The van der Waals surface area contributed by atoms with Gasteiger partial charge in [-0.15, -0.1) is 0 Å². The zero-order valence-electron chi connectivity index (χ0n) is 12.0. The highest BCUT2D eigenvalue weighted by Crippen LogP contribution is 2.33. The molecular weight excluding hydrogens is 264 g/mol. The van der Waals surface area contributed by atoms with Gasteiger partial charge in [-0.1, -0.05) is 30.3 Å². The molecule has 2 aromatic rings. The van der Waals surface area contributed by atoms with Gasteiger partial charge in [0, 0.05) is 0 Å². The molecule has 0 amide bonds. The normalized spacial score (nSPS) is 16.4. The second kappa shape index (κ2) is 6.00. The van der Waals surface area contributed by atoms with Crippen LogP contribution >= 0.6 is 0 Å². The van der Waals surface area contributed by atoms with Crippen molar-refractivity contribution in [1.82, 2.24) is 0 Å². The molecule has 0 bridgehead atoms. The fourth-order valence-electron chi connectivity index (χ4n) is 2.64. The Morgan fingerprint density at radius 2 is 1.95 bits per heavy atom. The lowest BCUT2D eigenvalue weighted by molar-refractivity contribution is 0.0843. The fraction of sp³-hybridized carbons (Fsp3) is 0.278. The van der Waals surface area contributed by atoms with Crippen LogP contribution < -0.4 is 9.47 Å². The minimum atomic E-state index is -0.351. The minimum absolute atomic E-state index is 0.0666. The number of methoxy groups -OCH3 is 1. The highest BCUT2D eigenvalue weighted by molar-refractivity contribution is 6.04. The third kappa shape index (κ3) is 2.92. The zero-order valence-corrected chi connectivity index (χ0v) is 12.0. The Balaban J connectivity index is 1.60. The van der Waals surface area contributed by atoms with E-state index in [-0.39, 0.29) is 11.9 Å². The maximum Gasteiger partial charge on any atom is 0.207 e. The van der Waals surface area contributed by atoms with Gasteiger partial charge < -0.3 is 9.47 Å². The topological polar surface area (TPSA) is 35.5 Å². The summed E-state index contributed by atoms with van der Waals surface area (Å²) in [5.74, 6) is 1.43. The van der Waals surface area contributed by atoms with Gasteiger partial charge in [-0.2, -0.15) is 0 Å². The standard InChI is InChI=1S/C18H18O3/c1-20-14-10-11-16-15(12-14)18(19)17(21-16)9-5-8-13-6-3-2-4-7-13/h2-4,6-7,10-12,17H,5,8-9H2,1H3/t17-/m0/s1. The average molecular weight is 282 g/mol. The predicted molar refractivity (Wildman–Crippen MR) is 81.1 cm³/mol. The summed E-state index contributed by atoms with van der Waals surface area (Å²) in [7, 11) is 1.60. The average Bonchev–Trinajstić information content (AvgIpc) is 2.84. The van der Waals surface area contributed by atoms with Crippen molar-refractivity contribution in [3.63, 3.8) is 0 Å². The number of hydrogen-bond donors (Lipinski definition) is 0. The number of hydrogen-bond acceptors (Lipinski definition) is 3. The van der Waals surface area contributed by atoms with Gasteiger partial charge in [-0.25, -0.2) is 0 Å². The second-order valence-corrected chi connectivity index (χ2v) is 5.21. The molecule has 0 radical (unpaired) electrons. The Kier molecular flexibility index (Phi) is 3.91. The van der Waals surface area contributed by atoms with Gasteiger partial charge in [-0.05, 0) is 43.0 Å². The van der Waals surface area contributed by atoms with Gasteiger partial charge in [0.1, 0.15) is 11.5 Å². The summed E-state index contributed by atoms with van der Waals surface area (Å²) < 4.78 is 10.9. The maximum atomic E-state index is 12.3. The van der Waals surface area contributed by atoms with Crippen LogP contribution in [0.1, 0.15) is 28.8 Å². The van der Waals surface area contributed by atoms with E-state index in [4.69, 9.17) is 9.47 Å². The lowest BCUT2D eigenvalue weighted by Gasteiger charge is -2.09. The van der Waals surface area contributed by atoms with Gasteiger partial charge in [0.15, 0.2) is 6.10 Å². The Morgan fingerprint density at radius 3 is 2.71 bits per heavy atom. The van der Waals surface area contributed by atoms with Gasteiger partial charge >= 0.3 is 0 Å². The van der Waals surface area contributed by atoms with Crippen molar-refractivity contribution < 1.29 is 14.3 Å². The van der Waals surface area contributed by atoms with Crippen molar-refractivity contribution in [3.8, 4) is 11.5 Å². The molecule has 0 aliphatic carbocycles. The van der Waals surface area contributed by atoms with Gasteiger partial charge in [0.2, 0.25) is 5.78 Å². The Bertz CT molecular complexity index is 634. The van der Waals surface area contributed by atoms with Gasteiger partial charge in [-0.3, -0.25) is 4.79 Å². The smallest absolute Gasteiger partial charge is 0.207 e.